The SMILES string of the molecule is CSC(SC)C1=C(C#N)[C@H](c2ccccc2)[C@@H](C(C)=O)[C@]1(O)c1ccccc1. The van der Waals surface area contributed by atoms with Crippen LogP contribution < -0.4 is 0 Å². The van der Waals surface area contributed by atoms with Crippen molar-refractivity contribution in [1.29, 1.82) is 5.26 Å². The molecule has 1 N–H and O–H groups in total. The second-order valence-corrected chi connectivity index (χ2v) is 9.04. The maximum atomic E-state index is 12.9. The maximum absolute atomic E-state index is 12.9. The summed E-state index contributed by atoms with van der Waals surface area (Å²) in [6.07, 6.45) is 3.93. The molecule has 1 aliphatic rings. The maximum Gasteiger partial charge on any atom is 0.137 e. The van der Waals surface area contributed by atoms with E-state index < -0.39 is 17.4 Å². The summed E-state index contributed by atoms with van der Waals surface area (Å²) in [5.41, 5.74) is 1.17. The molecule has 3 rings (SSSR count). The number of carbonyl (C=O) groups excluding carboxylic acids is 1. The molecule has 0 heterocycles. The largest absolute Gasteiger partial charge is 0.380 e. The highest BCUT2D eigenvalue weighted by Gasteiger charge is 2.58. The van der Waals surface area contributed by atoms with Crippen molar-refractivity contribution in [3.8, 4) is 6.07 Å². The van der Waals surface area contributed by atoms with E-state index in [9.17, 15) is 15.2 Å². The van der Waals surface area contributed by atoms with Crippen molar-refractivity contribution in [1.82, 2.24) is 0 Å². The molecule has 5 heteroatoms. The van der Waals surface area contributed by atoms with Crippen LogP contribution in [0.15, 0.2) is 71.8 Å². The quantitative estimate of drug-likeness (QED) is 0.698. The van der Waals surface area contributed by atoms with Crippen LogP contribution in [0.2, 0.25) is 0 Å². The molecule has 0 spiro atoms. The second-order valence-electron chi connectivity index (χ2n) is 6.85. The molecule has 0 bridgehead atoms. The Morgan fingerprint density at radius 2 is 1.61 bits per heavy atom. The molecule has 0 aliphatic heterocycles. The number of nitriles is 1. The van der Waals surface area contributed by atoms with Crippen LogP contribution in [0, 0.1) is 17.2 Å². The molecule has 0 saturated heterocycles. The van der Waals surface area contributed by atoms with Gasteiger partial charge in [0.1, 0.15) is 11.4 Å². The number of allylic oxidation sites excluding steroid dienone is 1. The predicted octanol–water partition coefficient (Wildman–Crippen LogP) is 4.75. The summed E-state index contributed by atoms with van der Waals surface area (Å²) in [6, 6.07) is 21.2. The number of rotatable bonds is 6. The summed E-state index contributed by atoms with van der Waals surface area (Å²) in [4.78, 5) is 12.9. The topological polar surface area (TPSA) is 61.1 Å². The minimum absolute atomic E-state index is 0.121. The van der Waals surface area contributed by atoms with Crippen LogP contribution in [0.3, 0.4) is 0 Å². The zero-order chi connectivity index (χ0) is 20.3. The molecule has 0 aromatic heterocycles. The van der Waals surface area contributed by atoms with Crippen LogP contribution in [0.25, 0.3) is 0 Å². The molecule has 0 amide bonds. The number of hydrogen-bond donors (Lipinski definition) is 1. The molecule has 0 fully saturated rings. The summed E-state index contributed by atoms with van der Waals surface area (Å²) in [5, 5.41) is 22.3. The molecular weight excluding hydrogens is 386 g/mol. The monoisotopic (exact) mass is 409 g/mol. The van der Waals surface area contributed by atoms with Crippen LogP contribution in [-0.4, -0.2) is 28.0 Å². The first-order valence-electron chi connectivity index (χ1n) is 9.04. The van der Waals surface area contributed by atoms with Gasteiger partial charge in [-0.15, -0.1) is 23.5 Å². The Bertz CT molecular complexity index is 917. The zero-order valence-corrected chi connectivity index (χ0v) is 17.8. The highest BCUT2D eigenvalue weighted by molar-refractivity contribution is 8.16. The Labute approximate surface area is 174 Å². The summed E-state index contributed by atoms with van der Waals surface area (Å²) >= 11 is 3.15. The lowest BCUT2D eigenvalue weighted by molar-refractivity contribution is -0.128. The van der Waals surface area contributed by atoms with Gasteiger partial charge < -0.3 is 5.11 Å². The van der Waals surface area contributed by atoms with Crippen molar-refractivity contribution in [2.24, 2.45) is 5.92 Å². The Hall–Kier alpha value is -2.00. The minimum Gasteiger partial charge on any atom is -0.380 e. The van der Waals surface area contributed by atoms with Crippen molar-refractivity contribution < 1.29 is 9.90 Å². The van der Waals surface area contributed by atoms with Gasteiger partial charge in [0.05, 0.1) is 16.6 Å². The number of ketones is 1. The summed E-state index contributed by atoms with van der Waals surface area (Å²) in [6.45, 7) is 1.51. The van der Waals surface area contributed by atoms with Gasteiger partial charge in [-0.2, -0.15) is 5.26 Å². The fraction of sp³-hybridized carbons (Fsp3) is 0.304. The minimum atomic E-state index is -1.52. The Morgan fingerprint density at radius 3 is 2.07 bits per heavy atom. The molecule has 1 aliphatic carbocycles. The molecule has 28 heavy (non-hydrogen) atoms. The van der Waals surface area contributed by atoms with E-state index in [2.05, 4.69) is 6.07 Å². The Balaban J connectivity index is 2.37. The number of Topliss-reactive ketones (excluding diaryl/α,β-unsaturated/α-hetero) is 1. The third-order valence-electron chi connectivity index (χ3n) is 5.39. The zero-order valence-electron chi connectivity index (χ0n) is 16.1. The Kier molecular flexibility index (Phi) is 6.34. The van der Waals surface area contributed by atoms with Gasteiger partial charge in [-0.25, -0.2) is 0 Å². The molecule has 0 unspecified atom stereocenters. The van der Waals surface area contributed by atoms with Gasteiger partial charge in [-0.1, -0.05) is 60.7 Å². The fourth-order valence-electron chi connectivity index (χ4n) is 4.29. The molecule has 0 saturated carbocycles. The lowest BCUT2D eigenvalue weighted by atomic mass is 9.73. The average Bonchev–Trinajstić information content (AvgIpc) is 3.00. The molecule has 0 radical (unpaired) electrons. The number of aliphatic hydroxyl groups is 1. The van der Waals surface area contributed by atoms with Gasteiger partial charge in [0.25, 0.3) is 0 Å². The van der Waals surface area contributed by atoms with Gasteiger partial charge >= 0.3 is 0 Å². The number of nitrogens with zero attached hydrogens (tertiary/aromatic N) is 1. The standard InChI is InChI=1S/C23H23NO2S2/c1-15(25)20-19(16-10-6-4-7-11-16)18(14-24)21(22(27-2)28-3)23(20,26)17-12-8-5-9-13-17/h4-13,19-20,22,26H,1-3H3/t19-,20+,23+/m0/s1. The lowest BCUT2D eigenvalue weighted by Gasteiger charge is -2.36. The van der Waals surface area contributed by atoms with E-state index in [0.717, 1.165) is 5.56 Å². The van der Waals surface area contributed by atoms with Gasteiger partial charge in [-0.05, 0) is 30.6 Å². The van der Waals surface area contributed by atoms with E-state index in [1.165, 1.54) is 6.92 Å². The van der Waals surface area contributed by atoms with E-state index in [1.807, 2.05) is 73.2 Å². The van der Waals surface area contributed by atoms with Crippen molar-refractivity contribution >= 4 is 29.3 Å². The second kappa shape index (κ2) is 8.57. The molecule has 3 atom stereocenters. The first kappa shape index (κ1) is 20.7. The normalized spacial score (nSPS) is 24.4. The number of benzene rings is 2. The summed E-state index contributed by atoms with van der Waals surface area (Å²) < 4.78 is -0.129. The number of hydrogen-bond acceptors (Lipinski definition) is 5. The van der Waals surface area contributed by atoms with Crippen molar-refractivity contribution in [3.05, 3.63) is 82.9 Å². The number of carbonyl (C=O) groups is 1. The smallest absolute Gasteiger partial charge is 0.137 e. The molecular formula is C23H23NO2S2. The fourth-order valence-corrected chi connectivity index (χ4v) is 6.15. The van der Waals surface area contributed by atoms with Crippen LogP contribution in [0.4, 0.5) is 0 Å². The van der Waals surface area contributed by atoms with Crippen LogP contribution in [0.1, 0.15) is 24.0 Å². The third-order valence-corrected chi connectivity index (χ3v) is 7.87. The molecule has 2 aromatic rings. The van der Waals surface area contributed by atoms with Gasteiger partial charge in [0.15, 0.2) is 0 Å². The van der Waals surface area contributed by atoms with Crippen molar-refractivity contribution in [2.75, 3.05) is 12.5 Å². The lowest BCUT2D eigenvalue weighted by Crippen LogP contribution is -2.41. The molecule has 144 valence electrons. The van der Waals surface area contributed by atoms with Crippen molar-refractivity contribution in [2.45, 2.75) is 23.0 Å². The highest BCUT2D eigenvalue weighted by atomic mass is 32.2. The first-order valence-corrected chi connectivity index (χ1v) is 11.6. The van der Waals surface area contributed by atoms with Crippen LogP contribution in [0.5, 0.6) is 0 Å². The van der Waals surface area contributed by atoms with E-state index >= 15 is 0 Å². The van der Waals surface area contributed by atoms with Gasteiger partial charge in [0, 0.05) is 17.1 Å². The average molecular weight is 410 g/mol. The van der Waals surface area contributed by atoms with E-state index in [-0.39, 0.29) is 10.4 Å². The highest BCUT2D eigenvalue weighted by Crippen LogP contribution is 2.58. The first-order chi connectivity index (χ1) is 13.5. The summed E-state index contributed by atoms with van der Waals surface area (Å²) in [5.74, 6) is -1.33. The van der Waals surface area contributed by atoms with E-state index in [1.54, 1.807) is 23.5 Å². The Morgan fingerprint density at radius 1 is 1.07 bits per heavy atom. The van der Waals surface area contributed by atoms with Crippen LogP contribution in [-0.2, 0) is 10.4 Å². The predicted molar refractivity (Wildman–Crippen MR) is 117 cm³/mol. The molecule has 2 aromatic carbocycles. The van der Waals surface area contributed by atoms with E-state index in [0.29, 0.717) is 16.7 Å². The number of thioether (sulfide) groups is 2. The van der Waals surface area contributed by atoms with Gasteiger partial charge in [0.2, 0.25) is 0 Å². The summed E-state index contributed by atoms with van der Waals surface area (Å²) in [7, 11) is 0. The van der Waals surface area contributed by atoms with Gasteiger partial charge in [-0.3, -0.25) is 4.79 Å². The third kappa shape index (κ3) is 3.30. The van der Waals surface area contributed by atoms with Crippen molar-refractivity contribution in [3.63, 3.8) is 0 Å². The van der Waals surface area contributed by atoms with E-state index in [4.69, 9.17) is 0 Å². The molecule has 3 nitrogen and oxygen atoms in total. The van der Waals surface area contributed by atoms with Crippen LogP contribution >= 0.6 is 23.5 Å².